The van der Waals surface area contributed by atoms with Gasteiger partial charge in [0.25, 0.3) is 5.56 Å². The van der Waals surface area contributed by atoms with Crippen molar-refractivity contribution in [3.8, 4) is 11.3 Å². The fourth-order valence-corrected chi connectivity index (χ4v) is 2.83. The second kappa shape index (κ2) is 8.99. The Labute approximate surface area is 164 Å². The number of benzene rings is 2. The summed E-state index contributed by atoms with van der Waals surface area (Å²) in [7, 11) is 3.95. The van der Waals surface area contributed by atoms with Crippen LogP contribution in [-0.4, -0.2) is 36.3 Å². The van der Waals surface area contributed by atoms with Crippen molar-refractivity contribution >= 4 is 11.6 Å². The fourth-order valence-electron chi connectivity index (χ4n) is 2.83. The average molecular weight is 376 g/mol. The lowest BCUT2D eigenvalue weighted by Gasteiger charge is -2.13. The van der Waals surface area contributed by atoms with Crippen LogP contribution in [0.25, 0.3) is 11.3 Å². The van der Waals surface area contributed by atoms with Gasteiger partial charge in [0, 0.05) is 38.0 Å². The molecule has 0 bridgehead atoms. The van der Waals surface area contributed by atoms with E-state index in [1.54, 1.807) is 6.07 Å². The summed E-state index contributed by atoms with van der Waals surface area (Å²) in [5, 5.41) is 7.19. The highest BCUT2D eigenvalue weighted by Crippen LogP contribution is 2.19. The minimum Gasteiger partial charge on any atom is -0.378 e. The molecule has 0 saturated heterocycles. The number of hydrogen-bond acceptors (Lipinski definition) is 4. The molecule has 6 heteroatoms. The highest BCUT2D eigenvalue weighted by Gasteiger charge is 2.08. The first-order chi connectivity index (χ1) is 13.5. The van der Waals surface area contributed by atoms with E-state index in [1.165, 1.54) is 10.7 Å². The van der Waals surface area contributed by atoms with Gasteiger partial charge in [-0.25, -0.2) is 4.68 Å². The van der Waals surface area contributed by atoms with E-state index in [1.807, 2.05) is 73.6 Å². The number of hydrogen-bond donors (Lipinski definition) is 1. The van der Waals surface area contributed by atoms with E-state index in [4.69, 9.17) is 0 Å². The molecule has 0 aliphatic heterocycles. The Morgan fingerprint density at radius 3 is 2.39 bits per heavy atom. The van der Waals surface area contributed by atoms with Gasteiger partial charge in [-0.05, 0) is 30.2 Å². The minimum atomic E-state index is -0.299. The fraction of sp³-hybridized carbons (Fsp3) is 0.227. The number of aromatic nitrogens is 2. The molecule has 2 aromatic carbocycles. The van der Waals surface area contributed by atoms with Crippen LogP contribution in [0, 0.1) is 0 Å². The van der Waals surface area contributed by atoms with Crippen LogP contribution in [-0.2, 0) is 17.8 Å². The Balaban J connectivity index is 1.64. The van der Waals surface area contributed by atoms with Gasteiger partial charge < -0.3 is 10.2 Å². The lowest BCUT2D eigenvalue weighted by atomic mass is 10.1. The average Bonchev–Trinajstić information content (AvgIpc) is 2.70. The first kappa shape index (κ1) is 19.4. The van der Waals surface area contributed by atoms with Crippen molar-refractivity contribution < 1.29 is 4.79 Å². The van der Waals surface area contributed by atoms with Crippen LogP contribution in [0.1, 0.15) is 5.56 Å². The maximum absolute atomic E-state index is 12.2. The highest BCUT2D eigenvalue weighted by molar-refractivity contribution is 5.75. The van der Waals surface area contributed by atoms with Crippen LogP contribution in [0.2, 0.25) is 0 Å². The molecule has 0 aliphatic rings. The summed E-state index contributed by atoms with van der Waals surface area (Å²) in [6.45, 7) is 0.417. The number of nitrogens with zero attached hydrogens (tertiary/aromatic N) is 3. The zero-order valence-corrected chi connectivity index (χ0v) is 16.1. The zero-order chi connectivity index (χ0) is 19.9. The molecule has 0 fully saturated rings. The summed E-state index contributed by atoms with van der Waals surface area (Å²) in [6.07, 6.45) is 0.743. The molecule has 3 aromatic rings. The quantitative estimate of drug-likeness (QED) is 0.687. The summed E-state index contributed by atoms with van der Waals surface area (Å²) in [5.41, 5.74) is 3.48. The zero-order valence-electron chi connectivity index (χ0n) is 16.1. The molecule has 3 rings (SSSR count). The van der Waals surface area contributed by atoms with Crippen LogP contribution in [0.15, 0.2) is 71.5 Å². The Hall–Kier alpha value is -3.41. The van der Waals surface area contributed by atoms with Crippen LogP contribution < -0.4 is 15.8 Å². The van der Waals surface area contributed by atoms with Crippen LogP contribution in [0.3, 0.4) is 0 Å². The van der Waals surface area contributed by atoms with Gasteiger partial charge in [-0.2, -0.15) is 5.10 Å². The molecule has 0 radical (unpaired) electrons. The molecule has 0 spiro atoms. The lowest BCUT2D eigenvalue weighted by molar-refractivity contribution is -0.121. The van der Waals surface area contributed by atoms with E-state index in [2.05, 4.69) is 10.4 Å². The van der Waals surface area contributed by atoms with Gasteiger partial charge >= 0.3 is 0 Å². The van der Waals surface area contributed by atoms with Crippen LogP contribution >= 0.6 is 0 Å². The van der Waals surface area contributed by atoms with E-state index < -0.39 is 0 Å². The molecule has 1 N–H and O–H groups in total. The molecule has 6 nitrogen and oxygen atoms in total. The van der Waals surface area contributed by atoms with Crippen molar-refractivity contribution in [1.82, 2.24) is 15.1 Å². The third kappa shape index (κ3) is 5.07. The smallest absolute Gasteiger partial charge is 0.267 e. The maximum atomic E-state index is 12.2. The van der Waals surface area contributed by atoms with E-state index >= 15 is 0 Å². The van der Waals surface area contributed by atoms with Crippen molar-refractivity contribution in [2.24, 2.45) is 0 Å². The van der Waals surface area contributed by atoms with Gasteiger partial charge in [0.05, 0.1) is 5.69 Å². The lowest BCUT2D eigenvalue weighted by Crippen LogP contribution is -2.34. The van der Waals surface area contributed by atoms with Gasteiger partial charge in [0.15, 0.2) is 0 Å². The van der Waals surface area contributed by atoms with Crippen molar-refractivity contribution in [3.05, 3.63) is 82.6 Å². The second-order valence-corrected chi connectivity index (χ2v) is 6.74. The first-order valence-corrected chi connectivity index (χ1v) is 9.19. The molecular formula is C22H24N4O2. The molecule has 0 unspecified atom stereocenters. The van der Waals surface area contributed by atoms with Gasteiger partial charge in [-0.1, -0.05) is 42.5 Å². The van der Waals surface area contributed by atoms with Crippen molar-refractivity contribution in [3.63, 3.8) is 0 Å². The highest BCUT2D eigenvalue weighted by atomic mass is 16.2. The maximum Gasteiger partial charge on any atom is 0.267 e. The molecule has 144 valence electrons. The van der Waals surface area contributed by atoms with Crippen molar-refractivity contribution in [2.45, 2.75) is 13.0 Å². The Morgan fingerprint density at radius 1 is 1.00 bits per heavy atom. The van der Waals surface area contributed by atoms with E-state index in [9.17, 15) is 9.59 Å². The standard InChI is InChI=1S/C22H24N4O2/c1-25(2)19-10-8-18(9-11-19)20-12-13-22(28)26(24-20)16-21(27)23-15-14-17-6-4-3-5-7-17/h3-13H,14-16H2,1-2H3,(H,23,27). The number of nitrogens with one attached hydrogen (secondary N) is 1. The van der Waals surface area contributed by atoms with E-state index in [0.29, 0.717) is 12.2 Å². The number of amides is 1. The normalized spacial score (nSPS) is 10.5. The summed E-state index contributed by atoms with van der Waals surface area (Å²) >= 11 is 0. The largest absolute Gasteiger partial charge is 0.378 e. The molecular weight excluding hydrogens is 352 g/mol. The summed E-state index contributed by atoms with van der Waals surface area (Å²) < 4.78 is 1.20. The second-order valence-electron chi connectivity index (χ2n) is 6.74. The van der Waals surface area contributed by atoms with Crippen LogP contribution in [0.4, 0.5) is 5.69 Å². The molecule has 28 heavy (non-hydrogen) atoms. The molecule has 1 aromatic heterocycles. The summed E-state index contributed by atoms with van der Waals surface area (Å²) in [6, 6.07) is 20.9. The summed E-state index contributed by atoms with van der Waals surface area (Å²) in [5.74, 6) is -0.231. The topological polar surface area (TPSA) is 67.2 Å². The van der Waals surface area contributed by atoms with Gasteiger partial charge in [-0.15, -0.1) is 0 Å². The van der Waals surface area contributed by atoms with Crippen LogP contribution in [0.5, 0.6) is 0 Å². The molecule has 1 heterocycles. The number of carbonyl (C=O) groups is 1. The Kier molecular flexibility index (Phi) is 6.22. The number of carbonyl (C=O) groups excluding carboxylic acids is 1. The Bertz CT molecular complexity index is 979. The SMILES string of the molecule is CN(C)c1ccc(-c2ccc(=O)n(CC(=O)NCCc3ccccc3)n2)cc1. The third-order valence-electron chi connectivity index (χ3n) is 4.42. The Morgan fingerprint density at radius 2 is 1.71 bits per heavy atom. The van der Waals surface area contributed by atoms with Crippen molar-refractivity contribution in [2.75, 3.05) is 25.5 Å². The number of anilines is 1. The molecule has 0 aliphatic carbocycles. The number of rotatable bonds is 7. The minimum absolute atomic E-state index is 0.1000. The van der Waals surface area contributed by atoms with E-state index in [0.717, 1.165) is 23.2 Å². The molecule has 0 saturated carbocycles. The predicted octanol–water partition coefficient (Wildman–Crippen LogP) is 2.34. The molecule has 1 amide bonds. The van der Waals surface area contributed by atoms with Gasteiger partial charge in [0.2, 0.25) is 5.91 Å². The van der Waals surface area contributed by atoms with Gasteiger partial charge in [-0.3, -0.25) is 9.59 Å². The third-order valence-corrected chi connectivity index (χ3v) is 4.42. The first-order valence-electron chi connectivity index (χ1n) is 9.19. The predicted molar refractivity (Wildman–Crippen MR) is 111 cm³/mol. The summed E-state index contributed by atoms with van der Waals surface area (Å²) in [4.78, 5) is 26.3. The van der Waals surface area contributed by atoms with Crippen molar-refractivity contribution in [1.29, 1.82) is 0 Å². The molecule has 0 atom stereocenters. The monoisotopic (exact) mass is 376 g/mol. The van der Waals surface area contributed by atoms with Gasteiger partial charge in [0.1, 0.15) is 6.54 Å². The van der Waals surface area contributed by atoms with E-state index in [-0.39, 0.29) is 18.0 Å².